The number of aromatic nitrogens is 2. The molecular weight excluding hydrogens is 404 g/mol. The van der Waals surface area contributed by atoms with Crippen molar-refractivity contribution in [1.29, 1.82) is 0 Å². The zero-order valence-electron chi connectivity index (χ0n) is 21.8. The molecular formula is C29H36N4. The summed E-state index contributed by atoms with van der Waals surface area (Å²) in [4.78, 5) is 16.9. The molecule has 4 heterocycles. The quantitative estimate of drug-likeness (QED) is 0.497. The smallest absolute Gasteiger partial charge is 0.0686 e. The minimum absolute atomic E-state index is 0.829. The Kier molecular flexibility index (Phi) is 5.81. The molecule has 4 nitrogen and oxygen atoms in total. The molecule has 2 N–H and O–H groups in total. The minimum Gasteiger partial charge on any atom is -0.359 e. The maximum atomic E-state index is 5.07. The molecule has 0 fully saturated rings. The van der Waals surface area contributed by atoms with E-state index in [9.17, 15) is 0 Å². The van der Waals surface area contributed by atoms with E-state index in [-0.39, 0.29) is 0 Å². The predicted octanol–water partition coefficient (Wildman–Crippen LogP) is 7.41. The number of nitrogens with one attached hydrogen (secondary N) is 2. The summed E-state index contributed by atoms with van der Waals surface area (Å²) in [7, 11) is 0. The molecule has 0 radical (unpaired) electrons. The molecule has 2 aliphatic rings. The van der Waals surface area contributed by atoms with Crippen LogP contribution in [0.15, 0.2) is 43.7 Å². The lowest BCUT2D eigenvalue weighted by Gasteiger charge is -2.05. The molecule has 0 spiro atoms. The first-order chi connectivity index (χ1) is 15.5. The Balaban J connectivity index is 1.67. The van der Waals surface area contributed by atoms with Gasteiger partial charge in [-0.15, -0.1) is 0 Å². The van der Waals surface area contributed by atoms with Crippen LogP contribution in [0.25, 0.3) is 12.2 Å². The van der Waals surface area contributed by atoms with Crippen LogP contribution >= 0.6 is 0 Å². The van der Waals surface area contributed by atoms with Crippen molar-refractivity contribution in [2.45, 2.75) is 75.7 Å². The normalized spacial score (nSPS) is 19.0. The monoisotopic (exact) mass is 440 g/mol. The molecule has 2 aromatic rings. The van der Waals surface area contributed by atoms with Gasteiger partial charge in [0.1, 0.15) is 0 Å². The molecule has 2 aromatic heterocycles. The number of H-pyrrole nitrogens is 2. The number of nitrogens with zero attached hydrogens (tertiary/aromatic N) is 2. The summed E-state index contributed by atoms with van der Waals surface area (Å²) >= 11 is 0. The predicted molar refractivity (Wildman–Crippen MR) is 142 cm³/mol. The molecule has 0 saturated carbocycles. The van der Waals surface area contributed by atoms with Gasteiger partial charge in [-0.1, -0.05) is 0 Å². The van der Waals surface area contributed by atoms with E-state index >= 15 is 0 Å². The van der Waals surface area contributed by atoms with Crippen LogP contribution < -0.4 is 0 Å². The van der Waals surface area contributed by atoms with Gasteiger partial charge in [0.05, 0.1) is 11.4 Å². The Hall–Kier alpha value is -3.14. The standard InChI is InChI=1S/C29H36N4/c1-14-16(3)26(30-21(14)8)12-28-19(6)18(5)25(33-28)11-24-20(7)29(32-23(24)10)13-27-17(4)15(2)22(9)31-27/h12-13,30,32H,11H2,1-10H3/b27-13-,28-12-. The summed E-state index contributed by atoms with van der Waals surface area (Å²) in [5.74, 6) is 0. The minimum atomic E-state index is 0.829. The number of hydrogen-bond acceptors (Lipinski definition) is 2. The van der Waals surface area contributed by atoms with Crippen molar-refractivity contribution in [3.63, 3.8) is 0 Å². The van der Waals surface area contributed by atoms with Crippen LogP contribution in [0.4, 0.5) is 0 Å². The van der Waals surface area contributed by atoms with E-state index in [1.54, 1.807) is 0 Å². The average Bonchev–Trinajstić information content (AvgIpc) is 3.37. The van der Waals surface area contributed by atoms with Gasteiger partial charge in [0.2, 0.25) is 0 Å². The summed E-state index contributed by atoms with van der Waals surface area (Å²) in [5.41, 5.74) is 19.4. The summed E-state index contributed by atoms with van der Waals surface area (Å²) in [5, 5.41) is 0. The Morgan fingerprint density at radius 2 is 1.12 bits per heavy atom. The van der Waals surface area contributed by atoms with Crippen molar-refractivity contribution in [1.82, 2.24) is 9.97 Å². The van der Waals surface area contributed by atoms with Crippen LogP contribution in [-0.2, 0) is 6.42 Å². The summed E-state index contributed by atoms with van der Waals surface area (Å²) in [6, 6.07) is 0. The maximum absolute atomic E-state index is 5.07. The van der Waals surface area contributed by atoms with E-state index in [4.69, 9.17) is 9.98 Å². The second-order valence-corrected chi connectivity index (χ2v) is 9.67. The lowest BCUT2D eigenvalue weighted by Crippen LogP contribution is -2.04. The highest BCUT2D eigenvalue weighted by Gasteiger charge is 2.22. The van der Waals surface area contributed by atoms with E-state index in [1.807, 2.05) is 0 Å². The third-order valence-electron chi connectivity index (χ3n) is 7.80. The molecule has 0 aromatic carbocycles. The Morgan fingerprint density at radius 1 is 0.576 bits per heavy atom. The fraction of sp³-hybridized carbons (Fsp3) is 0.379. The van der Waals surface area contributed by atoms with Gasteiger partial charge in [-0.05, 0) is 126 Å². The molecule has 4 rings (SSSR count). The van der Waals surface area contributed by atoms with Crippen LogP contribution in [0.1, 0.15) is 79.6 Å². The fourth-order valence-corrected chi connectivity index (χ4v) is 4.67. The Morgan fingerprint density at radius 3 is 1.67 bits per heavy atom. The highest BCUT2D eigenvalue weighted by atomic mass is 14.8. The van der Waals surface area contributed by atoms with E-state index < -0.39 is 0 Å². The number of allylic oxidation sites excluding steroid dienone is 4. The van der Waals surface area contributed by atoms with Crippen LogP contribution in [0.2, 0.25) is 0 Å². The van der Waals surface area contributed by atoms with E-state index in [1.165, 1.54) is 55.9 Å². The maximum Gasteiger partial charge on any atom is 0.0686 e. The Labute approximate surface area is 198 Å². The third kappa shape index (κ3) is 3.92. The van der Waals surface area contributed by atoms with Crippen molar-refractivity contribution >= 4 is 23.6 Å². The first-order valence-corrected chi connectivity index (χ1v) is 11.8. The lowest BCUT2D eigenvalue weighted by atomic mass is 9.98. The molecule has 0 bridgehead atoms. The summed E-state index contributed by atoms with van der Waals surface area (Å²) in [6.45, 7) is 21.6. The first kappa shape index (κ1) is 23.0. The van der Waals surface area contributed by atoms with Crippen molar-refractivity contribution in [2.75, 3.05) is 0 Å². The van der Waals surface area contributed by atoms with Gasteiger partial charge in [-0.2, -0.15) is 0 Å². The molecule has 0 saturated heterocycles. The van der Waals surface area contributed by atoms with Crippen LogP contribution in [0.5, 0.6) is 0 Å². The van der Waals surface area contributed by atoms with Crippen molar-refractivity contribution < 1.29 is 0 Å². The van der Waals surface area contributed by atoms with E-state index in [0.29, 0.717) is 0 Å². The molecule has 0 atom stereocenters. The molecule has 33 heavy (non-hydrogen) atoms. The van der Waals surface area contributed by atoms with Gasteiger partial charge in [-0.25, -0.2) is 0 Å². The van der Waals surface area contributed by atoms with Crippen LogP contribution in [-0.4, -0.2) is 21.4 Å². The first-order valence-electron chi connectivity index (χ1n) is 11.8. The van der Waals surface area contributed by atoms with Crippen LogP contribution in [0.3, 0.4) is 0 Å². The average molecular weight is 441 g/mol. The van der Waals surface area contributed by atoms with E-state index in [0.717, 1.165) is 40.6 Å². The van der Waals surface area contributed by atoms with Gasteiger partial charge in [0, 0.05) is 40.6 Å². The molecule has 172 valence electrons. The van der Waals surface area contributed by atoms with Gasteiger partial charge in [0.25, 0.3) is 0 Å². The summed E-state index contributed by atoms with van der Waals surface area (Å²) < 4.78 is 0. The largest absolute Gasteiger partial charge is 0.359 e. The molecule has 0 unspecified atom stereocenters. The SMILES string of the molecule is CC1=N/C(=C\c2[nH]c(C)c(CC3=N/C(=C\c4[nH]c(C)c(C)c4C)C(C)=C3C)c2C)C(C)=C1C. The highest BCUT2D eigenvalue weighted by Crippen LogP contribution is 2.32. The number of aliphatic imine (C=N–C) groups is 2. The topological polar surface area (TPSA) is 56.3 Å². The molecule has 0 amide bonds. The Bertz CT molecular complexity index is 1360. The number of aryl methyl sites for hydroxylation is 2. The van der Waals surface area contributed by atoms with Crippen molar-refractivity contribution in [3.8, 4) is 0 Å². The molecule has 0 aliphatic carbocycles. The second kappa shape index (κ2) is 8.33. The third-order valence-corrected chi connectivity index (χ3v) is 7.80. The van der Waals surface area contributed by atoms with Gasteiger partial charge in [-0.3, -0.25) is 9.98 Å². The number of rotatable bonds is 4. The molecule has 2 aliphatic heterocycles. The van der Waals surface area contributed by atoms with E-state index in [2.05, 4.69) is 91.4 Å². The second-order valence-electron chi connectivity index (χ2n) is 9.67. The number of hydrogen-bond donors (Lipinski definition) is 2. The zero-order chi connectivity index (χ0) is 24.2. The van der Waals surface area contributed by atoms with Gasteiger partial charge < -0.3 is 9.97 Å². The zero-order valence-corrected chi connectivity index (χ0v) is 21.8. The molecule has 4 heteroatoms. The van der Waals surface area contributed by atoms with Crippen molar-refractivity contribution in [3.05, 3.63) is 78.7 Å². The van der Waals surface area contributed by atoms with Crippen molar-refractivity contribution in [2.24, 2.45) is 9.98 Å². The summed E-state index contributed by atoms with van der Waals surface area (Å²) in [6.07, 6.45) is 5.22. The highest BCUT2D eigenvalue weighted by molar-refractivity contribution is 6.06. The lowest BCUT2D eigenvalue weighted by molar-refractivity contribution is 1.18. The fourth-order valence-electron chi connectivity index (χ4n) is 4.67. The van der Waals surface area contributed by atoms with Gasteiger partial charge >= 0.3 is 0 Å². The van der Waals surface area contributed by atoms with Crippen LogP contribution in [0, 0.1) is 34.6 Å². The number of aromatic amines is 2. The van der Waals surface area contributed by atoms with Gasteiger partial charge in [0.15, 0.2) is 0 Å².